The van der Waals surface area contributed by atoms with Crippen LogP contribution in [0.5, 0.6) is 0 Å². The molecule has 9 nitrogen and oxygen atoms in total. The summed E-state index contributed by atoms with van der Waals surface area (Å²) in [6, 6.07) is 38.2. The number of thioether (sulfide) groups is 1. The van der Waals surface area contributed by atoms with Gasteiger partial charge in [0.25, 0.3) is 17.5 Å². The second-order valence-corrected chi connectivity index (χ2v) is 12.5. The number of halogens is 1. The van der Waals surface area contributed by atoms with E-state index in [0.717, 1.165) is 14.0 Å². The molecule has 0 aromatic heterocycles. The van der Waals surface area contributed by atoms with Gasteiger partial charge in [0.05, 0.1) is 10.5 Å². The highest BCUT2D eigenvalue weighted by molar-refractivity contribution is 14.1. The molecule has 1 unspecified atom stereocenters. The average Bonchev–Trinajstić information content (AvgIpc) is 3.09. The molecule has 1 atom stereocenters. The molecule has 5 aromatic rings. The van der Waals surface area contributed by atoms with Crippen molar-refractivity contribution < 1.29 is 19.3 Å². The molecule has 11 heteroatoms. The summed E-state index contributed by atoms with van der Waals surface area (Å²) < 4.78 is 1.06. The number of anilines is 2. The lowest BCUT2D eigenvalue weighted by Crippen LogP contribution is -2.30. The fourth-order valence-corrected chi connectivity index (χ4v) is 5.85. The quantitative estimate of drug-likeness (QED) is 0.0411. The summed E-state index contributed by atoms with van der Waals surface area (Å²) in [5, 5.41) is 19.4. The van der Waals surface area contributed by atoms with Crippen LogP contribution in [0.3, 0.4) is 0 Å². The number of nitro benzene ring substituents is 1. The number of hydrogen-bond acceptors (Lipinski definition) is 6. The van der Waals surface area contributed by atoms with E-state index in [9.17, 15) is 24.5 Å². The Hall–Kier alpha value is -5.27. The fraction of sp³-hybridized carbons (Fsp3) is 0.0278. The van der Waals surface area contributed by atoms with Gasteiger partial charge >= 0.3 is 0 Å². The Kier molecular flexibility index (Phi) is 11.1. The highest BCUT2D eigenvalue weighted by Crippen LogP contribution is 2.37. The monoisotopic (exact) mass is 754 g/mol. The van der Waals surface area contributed by atoms with Crippen LogP contribution in [0.15, 0.2) is 144 Å². The van der Waals surface area contributed by atoms with Crippen LogP contribution in [0.4, 0.5) is 17.1 Å². The van der Waals surface area contributed by atoms with Crippen molar-refractivity contribution >= 4 is 75.2 Å². The molecule has 0 fully saturated rings. The van der Waals surface area contributed by atoms with Gasteiger partial charge in [-0.25, -0.2) is 0 Å². The first-order valence-electron chi connectivity index (χ1n) is 14.3. The maximum Gasteiger partial charge on any atom is 0.276 e. The van der Waals surface area contributed by atoms with Gasteiger partial charge in [0.15, 0.2) is 0 Å². The summed E-state index contributed by atoms with van der Waals surface area (Å²) in [5.74, 6) is -1.40. The molecule has 47 heavy (non-hydrogen) atoms. The molecule has 5 aromatic carbocycles. The first kappa shape index (κ1) is 33.1. The molecule has 0 radical (unpaired) electrons. The number of nitro groups is 1. The molecule has 0 saturated heterocycles. The summed E-state index contributed by atoms with van der Waals surface area (Å²) in [5.41, 5.74) is 2.01. The second-order valence-electron chi connectivity index (χ2n) is 10.1. The summed E-state index contributed by atoms with van der Waals surface area (Å²) in [7, 11) is 0. The molecule has 0 heterocycles. The molecule has 0 aliphatic carbocycles. The van der Waals surface area contributed by atoms with Gasteiger partial charge in [0, 0.05) is 31.5 Å². The van der Waals surface area contributed by atoms with Gasteiger partial charge in [-0.2, -0.15) is 0 Å². The Labute approximate surface area is 288 Å². The van der Waals surface area contributed by atoms with Gasteiger partial charge < -0.3 is 16.0 Å². The van der Waals surface area contributed by atoms with E-state index in [-0.39, 0.29) is 22.9 Å². The minimum atomic E-state index is -0.674. The van der Waals surface area contributed by atoms with E-state index in [1.165, 1.54) is 36.0 Å². The third-order valence-corrected chi connectivity index (χ3v) is 8.77. The average molecular weight is 755 g/mol. The molecule has 5 rings (SSSR count). The number of amides is 3. The second kappa shape index (κ2) is 15.8. The van der Waals surface area contributed by atoms with Crippen LogP contribution < -0.4 is 16.0 Å². The van der Waals surface area contributed by atoms with Gasteiger partial charge in [0.1, 0.15) is 10.9 Å². The van der Waals surface area contributed by atoms with Crippen molar-refractivity contribution in [2.75, 3.05) is 10.6 Å². The van der Waals surface area contributed by atoms with Crippen molar-refractivity contribution in [1.82, 2.24) is 5.32 Å². The van der Waals surface area contributed by atoms with Crippen molar-refractivity contribution in [3.8, 4) is 0 Å². The van der Waals surface area contributed by atoms with E-state index in [4.69, 9.17) is 0 Å². The Balaban J connectivity index is 1.35. The third-order valence-electron chi connectivity index (χ3n) is 6.78. The Morgan fingerprint density at radius 2 is 1.30 bits per heavy atom. The van der Waals surface area contributed by atoms with Crippen LogP contribution in [0, 0.1) is 13.7 Å². The molecule has 0 aliphatic rings. The van der Waals surface area contributed by atoms with Gasteiger partial charge in [-0.3, -0.25) is 24.5 Å². The first-order valence-corrected chi connectivity index (χ1v) is 16.2. The molecule has 0 spiro atoms. The highest BCUT2D eigenvalue weighted by Gasteiger charge is 2.23. The molecule has 3 amide bonds. The van der Waals surface area contributed by atoms with Crippen LogP contribution >= 0.6 is 34.4 Å². The minimum Gasteiger partial charge on any atom is -0.325 e. The predicted octanol–water partition coefficient (Wildman–Crippen LogP) is 8.08. The lowest BCUT2D eigenvalue weighted by Gasteiger charge is -2.17. The SMILES string of the molecule is O=C(Nc1ccc(SC(C(=O)Nc2ccc(I)cc2)c2ccccc2)cc1)/C(=C/c1ccccc1[N+](=O)[O-])NC(=O)c1ccccc1. The maximum atomic E-state index is 13.5. The Morgan fingerprint density at radius 1 is 0.723 bits per heavy atom. The predicted molar refractivity (Wildman–Crippen MR) is 193 cm³/mol. The summed E-state index contributed by atoms with van der Waals surface area (Å²) >= 11 is 3.57. The van der Waals surface area contributed by atoms with E-state index in [2.05, 4.69) is 38.5 Å². The standard InChI is InChI=1S/C36H27IN4O5S/c37-27-15-17-28(18-16-27)39-36(44)33(24-9-3-1-4-10-24)47-30-21-19-29(20-22-30)38-35(43)31(40-34(42)25-11-5-2-6-12-25)23-26-13-7-8-14-32(26)41(45)46/h1-23,33H,(H,38,43)(H,39,44)(H,40,42)/b31-23-. The molecule has 0 aliphatic heterocycles. The first-order chi connectivity index (χ1) is 22.8. The van der Waals surface area contributed by atoms with Crippen molar-refractivity contribution in [2.24, 2.45) is 0 Å². The van der Waals surface area contributed by atoms with Crippen molar-refractivity contribution in [1.29, 1.82) is 0 Å². The van der Waals surface area contributed by atoms with Gasteiger partial charge in [0.2, 0.25) is 5.91 Å². The zero-order valence-corrected chi connectivity index (χ0v) is 27.6. The number of carbonyl (C=O) groups excluding carboxylic acids is 3. The summed E-state index contributed by atoms with van der Waals surface area (Å²) in [6.45, 7) is 0. The molecule has 3 N–H and O–H groups in total. The zero-order chi connectivity index (χ0) is 33.2. The van der Waals surface area contributed by atoms with Crippen molar-refractivity contribution in [2.45, 2.75) is 10.1 Å². The van der Waals surface area contributed by atoms with E-state index >= 15 is 0 Å². The fourth-order valence-electron chi connectivity index (χ4n) is 4.47. The lowest BCUT2D eigenvalue weighted by atomic mass is 10.1. The smallest absolute Gasteiger partial charge is 0.276 e. The van der Waals surface area contributed by atoms with E-state index in [1.54, 1.807) is 60.7 Å². The topological polar surface area (TPSA) is 130 Å². The molecule has 0 bridgehead atoms. The summed E-state index contributed by atoms with van der Waals surface area (Å²) in [4.78, 5) is 51.7. The van der Waals surface area contributed by atoms with Crippen LogP contribution in [-0.4, -0.2) is 22.6 Å². The van der Waals surface area contributed by atoms with Crippen molar-refractivity contribution in [3.63, 3.8) is 0 Å². The van der Waals surface area contributed by atoms with Gasteiger partial charge in [-0.1, -0.05) is 60.7 Å². The highest BCUT2D eigenvalue weighted by atomic mass is 127. The minimum absolute atomic E-state index is 0.151. The van der Waals surface area contributed by atoms with Crippen LogP contribution in [0.25, 0.3) is 6.08 Å². The summed E-state index contributed by atoms with van der Waals surface area (Å²) in [6.07, 6.45) is 1.27. The molecular formula is C36H27IN4O5S. The van der Waals surface area contributed by atoms with Crippen LogP contribution in [0.1, 0.15) is 26.7 Å². The zero-order valence-electron chi connectivity index (χ0n) is 24.6. The van der Waals surface area contributed by atoms with Crippen LogP contribution in [0.2, 0.25) is 0 Å². The van der Waals surface area contributed by atoms with Gasteiger partial charge in [-0.05, 0) is 101 Å². The van der Waals surface area contributed by atoms with E-state index in [0.29, 0.717) is 16.9 Å². The molecular weight excluding hydrogens is 727 g/mol. The molecule has 234 valence electrons. The van der Waals surface area contributed by atoms with E-state index < -0.39 is 22.0 Å². The third kappa shape index (κ3) is 9.15. The number of nitrogens with one attached hydrogen (secondary N) is 3. The maximum absolute atomic E-state index is 13.5. The number of benzene rings is 5. The van der Waals surface area contributed by atoms with Crippen molar-refractivity contribution in [3.05, 3.63) is 170 Å². The van der Waals surface area contributed by atoms with Gasteiger partial charge in [-0.15, -0.1) is 11.8 Å². The van der Waals surface area contributed by atoms with Crippen LogP contribution in [-0.2, 0) is 9.59 Å². The normalized spacial score (nSPS) is 11.6. The largest absolute Gasteiger partial charge is 0.325 e. The van der Waals surface area contributed by atoms with E-state index in [1.807, 2.05) is 54.6 Å². The Bertz CT molecular complexity index is 1920. The Morgan fingerprint density at radius 3 is 1.96 bits per heavy atom. The lowest BCUT2D eigenvalue weighted by molar-refractivity contribution is -0.385. The number of nitrogens with zero attached hydrogens (tertiary/aromatic N) is 1. The molecule has 0 saturated carbocycles. The number of rotatable bonds is 11. The number of carbonyl (C=O) groups is 3. The number of para-hydroxylation sites is 1. The number of hydrogen-bond donors (Lipinski definition) is 3.